The molecule has 1 aliphatic rings. The molecule has 0 aliphatic carbocycles. The van der Waals surface area contributed by atoms with E-state index in [0.29, 0.717) is 35.9 Å². The fourth-order valence-corrected chi connectivity index (χ4v) is 5.16. The van der Waals surface area contributed by atoms with E-state index in [1.807, 2.05) is 37.5 Å². The van der Waals surface area contributed by atoms with Crippen molar-refractivity contribution in [3.05, 3.63) is 59.4 Å². The maximum Gasteiger partial charge on any atom is 0.256 e. The van der Waals surface area contributed by atoms with Gasteiger partial charge in [-0.25, -0.2) is 13.4 Å². The van der Waals surface area contributed by atoms with Gasteiger partial charge in [0.05, 0.1) is 5.75 Å². The van der Waals surface area contributed by atoms with Crippen LogP contribution in [0.15, 0.2) is 42.7 Å². The molecular weight excluding hydrogens is 428 g/mol. The summed E-state index contributed by atoms with van der Waals surface area (Å²) in [6, 6.07) is 10.8. The number of benzene rings is 1. The van der Waals surface area contributed by atoms with Crippen molar-refractivity contribution in [3.63, 3.8) is 0 Å². The smallest absolute Gasteiger partial charge is 0.256 e. The van der Waals surface area contributed by atoms with Crippen LogP contribution in [0.1, 0.15) is 54.7 Å². The number of hydrogen-bond donors (Lipinski definition) is 1. The topological polar surface area (TPSA) is 110 Å². The summed E-state index contributed by atoms with van der Waals surface area (Å²) in [6.45, 7) is 6.54. The highest BCUT2D eigenvalue weighted by Crippen LogP contribution is 2.27. The van der Waals surface area contributed by atoms with Crippen LogP contribution in [0.25, 0.3) is 11.5 Å². The number of sulfonamides is 1. The van der Waals surface area contributed by atoms with Crippen LogP contribution in [0, 0.1) is 0 Å². The maximum atomic E-state index is 12.9. The van der Waals surface area contributed by atoms with Crippen molar-refractivity contribution in [2.45, 2.75) is 46.3 Å². The Bertz CT molecular complexity index is 1250. The Morgan fingerprint density at radius 1 is 1.16 bits per heavy atom. The molecule has 1 amide bonds. The summed E-state index contributed by atoms with van der Waals surface area (Å²) in [5.74, 6) is 0.846. The molecule has 3 aromatic rings. The number of nitrogens with one attached hydrogen (secondary N) is 1. The monoisotopic (exact) mass is 454 g/mol. The van der Waals surface area contributed by atoms with Gasteiger partial charge in [0.1, 0.15) is 17.8 Å². The second kappa shape index (κ2) is 8.79. The van der Waals surface area contributed by atoms with Crippen LogP contribution >= 0.6 is 0 Å². The van der Waals surface area contributed by atoms with E-state index < -0.39 is 10.0 Å². The molecule has 2 aromatic heterocycles. The highest BCUT2D eigenvalue weighted by molar-refractivity contribution is 7.89. The van der Waals surface area contributed by atoms with Crippen molar-refractivity contribution < 1.29 is 13.2 Å². The number of hydrogen-bond acceptors (Lipinski definition) is 6. The number of nitrogens with zero attached hydrogens (tertiary/aromatic N) is 5. The van der Waals surface area contributed by atoms with E-state index in [2.05, 4.69) is 20.5 Å². The number of pyridine rings is 1. The second-order valence-electron chi connectivity index (χ2n) is 8.09. The van der Waals surface area contributed by atoms with Crippen LogP contribution in [0.4, 0.5) is 5.82 Å². The molecule has 1 aromatic carbocycles. The zero-order valence-corrected chi connectivity index (χ0v) is 19.1. The lowest BCUT2D eigenvalue weighted by Crippen LogP contribution is -2.27. The van der Waals surface area contributed by atoms with Gasteiger partial charge in [0.2, 0.25) is 10.0 Å². The van der Waals surface area contributed by atoms with Gasteiger partial charge in [-0.3, -0.25) is 4.79 Å². The van der Waals surface area contributed by atoms with Crippen molar-refractivity contribution in [2.24, 2.45) is 0 Å². The van der Waals surface area contributed by atoms with Crippen molar-refractivity contribution in [1.29, 1.82) is 0 Å². The van der Waals surface area contributed by atoms with Crippen LogP contribution in [-0.2, 0) is 23.1 Å². The van der Waals surface area contributed by atoms with Crippen LogP contribution in [0.2, 0.25) is 0 Å². The molecule has 0 bridgehead atoms. The summed E-state index contributed by atoms with van der Waals surface area (Å²) < 4.78 is 28.1. The van der Waals surface area contributed by atoms with Gasteiger partial charge in [0.15, 0.2) is 5.82 Å². The molecule has 1 aliphatic heterocycles. The standard InChI is InChI=1S/C22H26N6O3S/c1-4-10-32(30,31)27-12-17-9-8-16(11-18(17)13-27)22(29)25-20-7-5-6-19(24-20)21-26-23-14-28(21)15(2)3/h5-9,11,14-15H,4,10,12-13H2,1-3H3,(H,24,25,29). The molecule has 0 fully saturated rings. The molecule has 0 saturated heterocycles. The Kier molecular flexibility index (Phi) is 6.07. The summed E-state index contributed by atoms with van der Waals surface area (Å²) in [7, 11) is -3.29. The number of rotatable bonds is 7. The molecule has 0 saturated carbocycles. The molecule has 4 rings (SSSR count). The molecule has 1 N–H and O–H groups in total. The molecule has 10 heteroatoms. The molecule has 3 heterocycles. The first-order valence-electron chi connectivity index (χ1n) is 10.6. The van der Waals surface area contributed by atoms with Crippen molar-refractivity contribution in [1.82, 2.24) is 24.1 Å². The van der Waals surface area contributed by atoms with E-state index in [1.165, 1.54) is 4.31 Å². The summed E-state index contributed by atoms with van der Waals surface area (Å²) in [5.41, 5.74) is 2.84. The SMILES string of the molecule is CCCS(=O)(=O)N1Cc2ccc(C(=O)Nc3cccc(-c4nncn4C(C)C)n3)cc2C1. The molecule has 168 valence electrons. The zero-order chi connectivity index (χ0) is 22.9. The molecular formula is C22H26N6O3S. The van der Waals surface area contributed by atoms with Gasteiger partial charge in [0, 0.05) is 24.7 Å². The van der Waals surface area contributed by atoms with Crippen molar-refractivity contribution in [2.75, 3.05) is 11.1 Å². The number of anilines is 1. The Morgan fingerprint density at radius 3 is 2.69 bits per heavy atom. The Hall–Kier alpha value is -3.11. The predicted octanol–water partition coefficient (Wildman–Crippen LogP) is 3.23. The first kappa shape index (κ1) is 22.1. The third-order valence-electron chi connectivity index (χ3n) is 5.37. The number of aromatic nitrogens is 4. The lowest BCUT2D eigenvalue weighted by molar-refractivity contribution is 0.102. The molecule has 0 spiro atoms. The van der Waals surface area contributed by atoms with Gasteiger partial charge >= 0.3 is 0 Å². The third-order valence-corrected chi connectivity index (χ3v) is 7.34. The number of amides is 1. The predicted molar refractivity (Wildman–Crippen MR) is 121 cm³/mol. The van der Waals surface area contributed by atoms with E-state index in [4.69, 9.17) is 0 Å². The van der Waals surface area contributed by atoms with Crippen LogP contribution < -0.4 is 5.32 Å². The zero-order valence-electron chi connectivity index (χ0n) is 18.3. The molecule has 32 heavy (non-hydrogen) atoms. The lowest BCUT2D eigenvalue weighted by Gasteiger charge is -2.14. The Labute approximate surface area is 187 Å². The minimum absolute atomic E-state index is 0.126. The number of carbonyl (C=O) groups excluding carboxylic acids is 1. The lowest BCUT2D eigenvalue weighted by atomic mass is 10.1. The maximum absolute atomic E-state index is 12.9. The van der Waals surface area contributed by atoms with Gasteiger partial charge < -0.3 is 9.88 Å². The van der Waals surface area contributed by atoms with Crippen molar-refractivity contribution in [3.8, 4) is 11.5 Å². The Balaban J connectivity index is 1.51. The van der Waals surface area contributed by atoms with E-state index in [1.54, 1.807) is 30.6 Å². The quantitative estimate of drug-likeness (QED) is 0.587. The van der Waals surface area contributed by atoms with Gasteiger partial charge in [-0.15, -0.1) is 10.2 Å². The van der Waals surface area contributed by atoms with Gasteiger partial charge in [-0.2, -0.15) is 4.31 Å². The van der Waals surface area contributed by atoms with Crippen LogP contribution in [0.3, 0.4) is 0 Å². The van der Waals surface area contributed by atoms with Gasteiger partial charge in [-0.05, 0) is 55.7 Å². The number of carbonyl (C=O) groups is 1. The molecule has 0 unspecified atom stereocenters. The summed E-state index contributed by atoms with van der Waals surface area (Å²) >= 11 is 0. The van der Waals surface area contributed by atoms with E-state index in [9.17, 15) is 13.2 Å². The third kappa shape index (κ3) is 4.42. The minimum atomic E-state index is -3.29. The first-order valence-corrected chi connectivity index (χ1v) is 12.2. The van der Waals surface area contributed by atoms with E-state index >= 15 is 0 Å². The van der Waals surface area contributed by atoms with E-state index in [0.717, 1.165) is 11.1 Å². The molecule has 0 radical (unpaired) electrons. The largest absolute Gasteiger partial charge is 0.310 e. The second-order valence-corrected chi connectivity index (χ2v) is 10.2. The summed E-state index contributed by atoms with van der Waals surface area (Å²) in [5, 5.41) is 10.9. The highest BCUT2D eigenvalue weighted by Gasteiger charge is 2.29. The van der Waals surface area contributed by atoms with Gasteiger partial charge in [0.25, 0.3) is 5.91 Å². The van der Waals surface area contributed by atoms with Crippen molar-refractivity contribution >= 4 is 21.7 Å². The summed E-state index contributed by atoms with van der Waals surface area (Å²) in [6.07, 6.45) is 2.23. The fourth-order valence-electron chi connectivity index (χ4n) is 3.71. The van der Waals surface area contributed by atoms with Crippen LogP contribution in [-0.4, -0.2) is 44.1 Å². The Morgan fingerprint density at radius 2 is 1.94 bits per heavy atom. The highest BCUT2D eigenvalue weighted by atomic mass is 32.2. The molecule has 0 atom stereocenters. The van der Waals surface area contributed by atoms with Gasteiger partial charge in [-0.1, -0.05) is 19.1 Å². The number of fused-ring (bicyclic) bond motifs is 1. The van der Waals surface area contributed by atoms with Crippen LogP contribution in [0.5, 0.6) is 0 Å². The molecule has 9 nitrogen and oxygen atoms in total. The van der Waals surface area contributed by atoms with E-state index in [-0.39, 0.29) is 24.2 Å². The minimum Gasteiger partial charge on any atom is -0.310 e. The average Bonchev–Trinajstić information content (AvgIpc) is 3.41. The first-order chi connectivity index (χ1) is 15.3. The normalized spacial score (nSPS) is 14.0. The summed E-state index contributed by atoms with van der Waals surface area (Å²) in [4.78, 5) is 17.4. The average molecular weight is 455 g/mol. The fraction of sp³-hybridized carbons (Fsp3) is 0.364.